The highest BCUT2D eigenvalue weighted by Gasteiger charge is 2.34. The second-order valence-corrected chi connectivity index (χ2v) is 7.93. The number of carbonyl (C=O) groups excluding carboxylic acids is 2. The van der Waals surface area contributed by atoms with Crippen LogP contribution in [0.3, 0.4) is 0 Å². The first kappa shape index (κ1) is 19.2. The van der Waals surface area contributed by atoms with Gasteiger partial charge in [0.05, 0.1) is 11.0 Å². The van der Waals surface area contributed by atoms with Crippen LogP contribution in [0.2, 0.25) is 0 Å². The molecule has 150 valence electrons. The van der Waals surface area contributed by atoms with Crippen molar-refractivity contribution in [2.45, 2.75) is 45.3 Å². The standard InChI is InChI=1S/C23H26N4O2/c1-16(2)24-21(28)15-27-20-11-7-6-10-19(20)25-23(27)18-12-22(29)26(14-18)13-17-8-4-3-5-9-17/h3-11,16,18H,12-15H2,1-2H3,(H,24,28)/t18-/m1/s1. The van der Waals surface area contributed by atoms with Crippen LogP contribution in [0.1, 0.15) is 37.6 Å². The van der Waals surface area contributed by atoms with E-state index in [4.69, 9.17) is 4.98 Å². The van der Waals surface area contributed by atoms with Crippen LogP contribution < -0.4 is 5.32 Å². The van der Waals surface area contributed by atoms with E-state index in [1.54, 1.807) is 0 Å². The second kappa shape index (κ2) is 8.07. The van der Waals surface area contributed by atoms with E-state index < -0.39 is 0 Å². The lowest BCUT2D eigenvalue weighted by atomic mass is 10.1. The summed E-state index contributed by atoms with van der Waals surface area (Å²) in [6, 6.07) is 17.9. The van der Waals surface area contributed by atoms with E-state index in [1.165, 1.54) is 0 Å². The minimum absolute atomic E-state index is 0.0227. The largest absolute Gasteiger partial charge is 0.352 e. The van der Waals surface area contributed by atoms with E-state index in [1.807, 2.05) is 77.9 Å². The highest BCUT2D eigenvalue weighted by molar-refractivity contribution is 5.83. The number of nitrogens with zero attached hydrogens (tertiary/aromatic N) is 3. The van der Waals surface area contributed by atoms with Crippen molar-refractivity contribution in [3.8, 4) is 0 Å². The van der Waals surface area contributed by atoms with Crippen molar-refractivity contribution in [1.29, 1.82) is 0 Å². The molecule has 6 nitrogen and oxygen atoms in total. The summed E-state index contributed by atoms with van der Waals surface area (Å²) >= 11 is 0. The zero-order valence-corrected chi connectivity index (χ0v) is 16.8. The first-order valence-corrected chi connectivity index (χ1v) is 10.1. The van der Waals surface area contributed by atoms with Crippen molar-refractivity contribution >= 4 is 22.8 Å². The summed E-state index contributed by atoms with van der Waals surface area (Å²) in [5.74, 6) is 0.874. The number of fused-ring (bicyclic) bond motifs is 1. The predicted molar refractivity (Wildman–Crippen MR) is 112 cm³/mol. The fraction of sp³-hybridized carbons (Fsp3) is 0.348. The van der Waals surface area contributed by atoms with Gasteiger partial charge in [-0.25, -0.2) is 4.98 Å². The van der Waals surface area contributed by atoms with Gasteiger partial charge in [-0.1, -0.05) is 42.5 Å². The summed E-state index contributed by atoms with van der Waals surface area (Å²) in [6.45, 7) is 5.31. The van der Waals surface area contributed by atoms with Gasteiger partial charge in [0, 0.05) is 31.5 Å². The molecule has 4 rings (SSSR count). The van der Waals surface area contributed by atoms with Crippen LogP contribution >= 0.6 is 0 Å². The molecule has 1 aliphatic heterocycles. The fourth-order valence-electron chi connectivity index (χ4n) is 3.98. The smallest absolute Gasteiger partial charge is 0.240 e. The molecule has 1 atom stereocenters. The van der Waals surface area contributed by atoms with Gasteiger partial charge < -0.3 is 14.8 Å². The normalized spacial score (nSPS) is 16.7. The van der Waals surface area contributed by atoms with Crippen LogP contribution in [0.4, 0.5) is 0 Å². The summed E-state index contributed by atoms with van der Waals surface area (Å²) in [5, 5.41) is 2.95. The quantitative estimate of drug-likeness (QED) is 0.703. The number of benzene rings is 2. The molecule has 1 aromatic heterocycles. The second-order valence-electron chi connectivity index (χ2n) is 7.93. The summed E-state index contributed by atoms with van der Waals surface area (Å²) in [7, 11) is 0. The van der Waals surface area contributed by atoms with Crippen molar-refractivity contribution in [2.75, 3.05) is 6.54 Å². The maximum absolute atomic E-state index is 12.7. The fourth-order valence-corrected chi connectivity index (χ4v) is 3.98. The van der Waals surface area contributed by atoms with Crippen molar-refractivity contribution in [3.05, 3.63) is 66.0 Å². The maximum atomic E-state index is 12.7. The Morgan fingerprint density at radius 1 is 1.14 bits per heavy atom. The maximum Gasteiger partial charge on any atom is 0.240 e. The molecule has 1 N–H and O–H groups in total. The third kappa shape index (κ3) is 4.16. The molecular weight excluding hydrogens is 364 g/mol. The SMILES string of the molecule is CC(C)NC(=O)Cn1c([C@@H]2CC(=O)N(Cc3ccccc3)C2)nc2ccccc21. The molecule has 0 aliphatic carbocycles. The molecule has 0 saturated carbocycles. The Morgan fingerprint density at radius 3 is 2.62 bits per heavy atom. The summed E-state index contributed by atoms with van der Waals surface area (Å²) in [5.41, 5.74) is 2.90. The third-order valence-corrected chi connectivity index (χ3v) is 5.23. The predicted octanol–water partition coefficient (Wildman–Crippen LogP) is 3.08. The van der Waals surface area contributed by atoms with Gasteiger partial charge in [-0.2, -0.15) is 0 Å². The van der Waals surface area contributed by atoms with E-state index in [2.05, 4.69) is 5.32 Å². The average molecular weight is 390 g/mol. The van der Waals surface area contributed by atoms with E-state index in [0.717, 1.165) is 22.4 Å². The molecule has 2 amide bonds. The molecule has 6 heteroatoms. The van der Waals surface area contributed by atoms with E-state index in [9.17, 15) is 9.59 Å². The number of para-hydroxylation sites is 2. The minimum atomic E-state index is -0.0464. The van der Waals surface area contributed by atoms with Crippen LogP contribution in [0, 0.1) is 0 Å². The van der Waals surface area contributed by atoms with Gasteiger partial charge in [0.25, 0.3) is 0 Å². The number of likely N-dealkylation sites (tertiary alicyclic amines) is 1. The Kier molecular flexibility index (Phi) is 5.34. The number of hydrogen-bond acceptors (Lipinski definition) is 3. The molecule has 1 fully saturated rings. The van der Waals surface area contributed by atoms with E-state index in [0.29, 0.717) is 19.5 Å². The lowest BCUT2D eigenvalue weighted by Crippen LogP contribution is -2.33. The Balaban J connectivity index is 1.61. The number of amides is 2. The molecule has 0 bridgehead atoms. The van der Waals surface area contributed by atoms with Crippen molar-refractivity contribution in [3.63, 3.8) is 0 Å². The molecule has 2 aromatic carbocycles. The summed E-state index contributed by atoms with van der Waals surface area (Å²) in [6.07, 6.45) is 0.419. The Labute approximate surface area is 170 Å². The molecule has 1 saturated heterocycles. The highest BCUT2D eigenvalue weighted by atomic mass is 16.2. The van der Waals surface area contributed by atoms with Gasteiger partial charge in [-0.3, -0.25) is 9.59 Å². The monoisotopic (exact) mass is 390 g/mol. The lowest BCUT2D eigenvalue weighted by Gasteiger charge is -2.17. The van der Waals surface area contributed by atoms with Gasteiger partial charge >= 0.3 is 0 Å². The van der Waals surface area contributed by atoms with Crippen molar-refractivity contribution in [2.24, 2.45) is 0 Å². The number of rotatable bonds is 6. The van der Waals surface area contributed by atoms with E-state index in [-0.39, 0.29) is 30.3 Å². The van der Waals surface area contributed by atoms with Gasteiger partial charge in [0.1, 0.15) is 12.4 Å². The van der Waals surface area contributed by atoms with Crippen LogP contribution in [0.15, 0.2) is 54.6 Å². The van der Waals surface area contributed by atoms with Crippen LogP contribution in [0.5, 0.6) is 0 Å². The topological polar surface area (TPSA) is 67.2 Å². The first-order valence-electron chi connectivity index (χ1n) is 10.1. The van der Waals surface area contributed by atoms with Crippen LogP contribution in [-0.4, -0.2) is 38.9 Å². The molecule has 0 radical (unpaired) electrons. The van der Waals surface area contributed by atoms with Gasteiger partial charge in [-0.05, 0) is 31.5 Å². The molecule has 29 heavy (non-hydrogen) atoms. The molecule has 0 spiro atoms. The molecule has 0 unspecified atom stereocenters. The van der Waals surface area contributed by atoms with Crippen LogP contribution in [-0.2, 0) is 22.7 Å². The van der Waals surface area contributed by atoms with Crippen LogP contribution in [0.25, 0.3) is 11.0 Å². The third-order valence-electron chi connectivity index (χ3n) is 5.23. The summed E-state index contributed by atoms with van der Waals surface area (Å²) < 4.78 is 1.97. The minimum Gasteiger partial charge on any atom is -0.352 e. The Hall–Kier alpha value is -3.15. The number of carbonyl (C=O) groups is 2. The number of imidazole rings is 1. The number of hydrogen-bond donors (Lipinski definition) is 1. The van der Waals surface area contributed by atoms with Gasteiger partial charge in [0.15, 0.2) is 0 Å². The zero-order valence-electron chi connectivity index (χ0n) is 16.8. The molecule has 1 aliphatic rings. The number of aromatic nitrogens is 2. The Morgan fingerprint density at radius 2 is 1.86 bits per heavy atom. The van der Waals surface area contributed by atoms with Gasteiger partial charge in [-0.15, -0.1) is 0 Å². The molecule has 2 heterocycles. The van der Waals surface area contributed by atoms with Gasteiger partial charge in [0.2, 0.25) is 11.8 Å². The van der Waals surface area contributed by atoms with Crippen molar-refractivity contribution < 1.29 is 9.59 Å². The molecular formula is C23H26N4O2. The lowest BCUT2D eigenvalue weighted by molar-refractivity contribution is -0.128. The molecule has 3 aromatic rings. The van der Waals surface area contributed by atoms with E-state index >= 15 is 0 Å². The highest BCUT2D eigenvalue weighted by Crippen LogP contribution is 2.31. The summed E-state index contributed by atoms with van der Waals surface area (Å²) in [4.78, 5) is 31.8. The zero-order chi connectivity index (χ0) is 20.4. The van der Waals surface area contributed by atoms with Crippen molar-refractivity contribution in [1.82, 2.24) is 19.8 Å². The Bertz CT molecular complexity index is 1030. The first-order chi connectivity index (χ1) is 14.0. The number of nitrogens with one attached hydrogen (secondary N) is 1. The average Bonchev–Trinajstić information content (AvgIpc) is 3.23.